The van der Waals surface area contributed by atoms with Crippen molar-refractivity contribution < 1.29 is 5.11 Å². The van der Waals surface area contributed by atoms with E-state index >= 15 is 0 Å². The van der Waals surface area contributed by atoms with Crippen molar-refractivity contribution >= 4 is 0 Å². The average molecular weight is 305 g/mol. The minimum absolute atomic E-state index is 0.612. The van der Waals surface area contributed by atoms with Crippen LogP contribution in [-0.2, 0) is 19.3 Å². The van der Waals surface area contributed by atoms with E-state index in [0.717, 1.165) is 19.3 Å². The highest BCUT2D eigenvalue weighted by Gasteiger charge is 2.12. The molecule has 1 rings (SSSR count). The summed E-state index contributed by atoms with van der Waals surface area (Å²) in [7, 11) is 0. The Labute approximate surface area is 138 Å². The summed E-state index contributed by atoms with van der Waals surface area (Å²) in [6.45, 7) is 6.71. The normalized spacial score (nSPS) is 11.0. The highest BCUT2D eigenvalue weighted by Crippen LogP contribution is 2.30. The third kappa shape index (κ3) is 6.42. The molecule has 1 aromatic rings. The standard InChI is InChI=1S/C21H36O/c1-4-7-10-13-18-16-17-19(14-11-8-5-2)21(22)20(18)15-12-9-6-3/h16-17,22H,4-15H2,1-3H3. The number of hydrogen-bond donors (Lipinski definition) is 1. The minimum Gasteiger partial charge on any atom is -0.507 e. The molecule has 126 valence electrons. The topological polar surface area (TPSA) is 20.2 Å². The summed E-state index contributed by atoms with van der Waals surface area (Å²) in [5.41, 5.74) is 3.80. The SMILES string of the molecule is CCCCCc1ccc(CCCCC)c(CCCCC)c1O. The van der Waals surface area contributed by atoms with Gasteiger partial charge in [-0.05, 0) is 55.2 Å². The van der Waals surface area contributed by atoms with E-state index in [0.29, 0.717) is 5.75 Å². The first-order valence-corrected chi connectivity index (χ1v) is 9.57. The molecule has 0 bridgehead atoms. The van der Waals surface area contributed by atoms with Crippen LogP contribution < -0.4 is 0 Å². The maximum atomic E-state index is 10.7. The van der Waals surface area contributed by atoms with Gasteiger partial charge in [0, 0.05) is 0 Å². The average Bonchev–Trinajstić information content (AvgIpc) is 2.52. The van der Waals surface area contributed by atoms with E-state index in [1.807, 2.05) is 0 Å². The van der Waals surface area contributed by atoms with E-state index < -0.39 is 0 Å². The van der Waals surface area contributed by atoms with E-state index in [1.54, 1.807) is 0 Å². The van der Waals surface area contributed by atoms with Crippen molar-refractivity contribution in [3.63, 3.8) is 0 Å². The van der Waals surface area contributed by atoms with E-state index in [9.17, 15) is 5.11 Å². The summed E-state index contributed by atoms with van der Waals surface area (Å²) in [6, 6.07) is 4.47. The number of phenols is 1. The van der Waals surface area contributed by atoms with Crippen LogP contribution in [0.15, 0.2) is 12.1 Å². The van der Waals surface area contributed by atoms with Crippen molar-refractivity contribution in [2.75, 3.05) is 0 Å². The van der Waals surface area contributed by atoms with Gasteiger partial charge < -0.3 is 5.11 Å². The third-order valence-corrected chi connectivity index (χ3v) is 4.59. The van der Waals surface area contributed by atoms with Crippen molar-refractivity contribution in [2.45, 2.75) is 97.8 Å². The molecular weight excluding hydrogens is 268 g/mol. The molecule has 0 atom stereocenters. The molecule has 22 heavy (non-hydrogen) atoms. The molecule has 1 N–H and O–H groups in total. The third-order valence-electron chi connectivity index (χ3n) is 4.59. The number of rotatable bonds is 12. The number of hydrogen-bond acceptors (Lipinski definition) is 1. The molecule has 0 aliphatic heterocycles. The van der Waals surface area contributed by atoms with E-state index in [2.05, 4.69) is 32.9 Å². The number of aromatic hydroxyl groups is 1. The molecule has 1 heteroatoms. The lowest BCUT2D eigenvalue weighted by Crippen LogP contribution is -1.99. The van der Waals surface area contributed by atoms with E-state index in [1.165, 1.54) is 74.5 Å². The molecule has 0 saturated carbocycles. The molecule has 0 amide bonds. The molecule has 0 saturated heterocycles. The zero-order chi connectivity index (χ0) is 16.2. The zero-order valence-corrected chi connectivity index (χ0v) is 15.1. The lowest BCUT2D eigenvalue weighted by atomic mass is 9.92. The summed E-state index contributed by atoms with van der Waals surface area (Å²) >= 11 is 0. The van der Waals surface area contributed by atoms with Crippen molar-refractivity contribution in [1.29, 1.82) is 0 Å². The van der Waals surface area contributed by atoms with Gasteiger partial charge in [-0.2, -0.15) is 0 Å². The first-order valence-electron chi connectivity index (χ1n) is 9.57. The van der Waals surface area contributed by atoms with Crippen LogP contribution in [0.2, 0.25) is 0 Å². The van der Waals surface area contributed by atoms with Gasteiger partial charge in [-0.15, -0.1) is 0 Å². The van der Waals surface area contributed by atoms with Crippen LogP contribution >= 0.6 is 0 Å². The minimum atomic E-state index is 0.612. The Kier molecular flexibility index (Phi) is 10.0. The predicted octanol–water partition coefficient (Wildman–Crippen LogP) is 6.59. The Morgan fingerprint density at radius 1 is 0.636 bits per heavy atom. The Morgan fingerprint density at radius 3 is 1.64 bits per heavy atom. The molecule has 0 aromatic heterocycles. The highest BCUT2D eigenvalue weighted by molar-refractivity contribution is 5.46. The van der Waals surface area contributed by atoms with E-state index in [4.69, 9.17) is 0 Å². The quantitative estimate of drug-likeness (QED) is 0.432. The molecule has 0 heterocycles. The molecule has 0 fully saturated rings. The van der Waals surface area contributed by atoms with Gasteiger partial charge >= 0.3 is 0 Å². The maximum Gasteiger partial charge on any atom is 0.122 e. The van der Waals surface area contributed by atoms with Gasteiger partial charge in [-0.3, -0.25) is 0 Å². The lowest BCUT2D eigenvalue weighted by Gasteiger charge is -2.15. The Bertz CT molecular complexity index is 409. The summed E-state index contributed by atoms with van der Waals surface area (Å²) in [5, 5.41) is 10.7. The lowest BCUT2D eigenvalue weighted by molar-refractivity contribution is 0.456. The van der Waals surface area contributed by atoms with Crippen LogP contribution in [0.1, 0.15) is 95.2 Å². The molecular formula is C21H36O. The number of benzene rings is 1. The Hall–Kier alpha value is -0.980. The van der Waals surface area contributed by atoms with Gasteiger partial charge in [0.2, 0.25) is 0 Å². The highest BCUT2D eigenvalue weighted by atomic mass is 16.3. The Morgan fingerprint density at radius 2 is 1.09 bits per heavy atom. The second-order valence-electron chi connectivity index (χ2n) is 6.58. The predicted molar refractivity (Wildman–Crippen MR) is 97.8 cm³/mol. The fraction of sp³-hybridized carbons (Fsp3) is 0.714. The molecule has 0 unspecified atom stereocenters. The van der Waals surface area contributed by atoms with Crippen molar-refractivity contribution in [3.05, 3.63) is 28.8 Å². The fourth-order valence-electron chi connectivity index (χ4n) is 3.12. The van der Waals surface area contributed by atoms with Crippen molar-refractivity contribution in [3.8, 4) is 5.75 Å². The van der Waals surface area contributed by atoms with Gasteiger partial charge in [0.1, 0.15) is 5.75 Å². The number of unbranched alkanes of at least 4 members (excludes halogenated alkanes) is 6. The molecule has 1 aromatic carbocycles. The van der Waals surface area contributed by atoms with Gasteiger partial charge in [-0.25, -0.2) is 0 Å². The zero-order valence-electron chi connectivity index (χ0n) is 15.1. The van der Waals surface area contributed by atoms with Gasteiger partial charge in [-0.1, -0.05) is 71.4 Å². The largest absolute Gasteiger partial charge is 0.507 e. The van der Waals surface area contributed by atoms with Crippen LogP contribution in [-0.4, -0.2) is 5.11 Å². The molecule has 0 radical (unpaired) electrons. The Balaban J connectivity index is 2.82. The van der Waals surface area contributed by atoms with Crippen LogP contribution in [0.3, 0.4) is 0 Å². The summed E-state index contributed by atoms with van der Waals surface area (Å²) < 4.78 is 0. The first-order chi connectivity index (χ1) is 10.7. The molecule has 0 aliphatic carbocycles. The number of phenolic OH excluding ortho intramolecular Hbond substituents is 1. The molecule has 0 aliphatic rings. The molecule has 1 nitrogen and oxygen atoms in total. The fourth-order valence-corrected chi connectivity index (χ4v) is 3.12. The van der Waals surface area contributed by atoms with Crippen LogP contribution in [0.4, 0.5) is 0 Å². The molecule has 0 spiro atoms. The maximum absolute atomic E-state index is 10.7. The van der Waals surface area contributed by atoms with Crippen LogP contribution in [0.25, 0.3) is 0 Å². The van der Waals surface area contributed by atoms with Gasteiger partial charge in [0.15, 0.2) is 0 Å². The van der Waals surface area contributed by atoms with Crippen LogP contribution in [0.5, 0.6) is 5.75 Å². The second kappa shape index (κ2) is 11.6. The number of aryl methyl sites for hydroxylation is 2. The van der Waals surface area contributed by atoms with Crippen LogP contribution in [0, 0.1) is 0 Å². The summed E-state index contributed by atoms with van der Waals surface area (Å²) in [4.78, 5) is 0. The summed E-state index contributed by atoms with van der Waals surface area (Å²) in [6.07, 6.45) is 14.3. The van der Waals surface area contributed by atoms with Gasteiger partial charge in [0.05, 0.1) is 0 Å². The first kappa shape index (κ1) is 19.1. The second-order valence-corrected chi connectivity index (χ2v) is 6.58. The van der Waals surface area contributed by atoms with Crippen molar-refractivity contribution in [1.82, 2.24) is 0 Å². The smallest absolute Gasteiger partial charge is 0.122 e. The van der Waals surface area contributed by atoms with E-state index in [-0.39, 0.29) is 0 Å². The van der Waals surface area contributed by atoms with Crippen molar-refractivity contribution in [2.24, 2.45) is 0 Å². The van der Waals surface area contributed by atoms with Gasteiger partial charge in [0.25, 0.3) is 0 Å². The monoisotopic (exact) mass is 304 g/mol. The summed E-state index contributed by atoms with van der Waals surface area (Å²) in [5.74, 6) is 0.612.